The summed E-state index contributed by atoms with van der Waals surface area (Å²) in [5.74, 6) is -2.05. The molecule has 20 heavy (non-hydrogen) atoms. The monoisotopic (exact) mass is 288 g/mol. The lowest BCUT2D eigenvalue weighted by molar-refractivity contribution is -0.387. The zero-order chi connectivity index (χ0) is 15.3. The summed E-state index contributed by atoms with van der Waals surface area (Å²) < 4.78 is 26.6. The van der Waals surface area contributed by atoms with Crippen LogP contribution < -0.4 is 5.32 Å². The molecule has 7 heteroatoms. The van der Waals surface area contributed by atoms with Crippen molar-refractivity contribution in [3.8, 4) is 0 Å². The molecule has 0 aliphatic rings. The summed E-state index contributed by atoms with van der Waals surface area (Å²) in [5, 5.41) is 23.3. The smallest absolute Gasteiger partial charge is 0.305 e. The van der Waals surface area contributed by atoms with Crippen LogP contribution in [0.3, 0.4) is 0 Å². The van der Waals surface area contributed by atoms with Crippen LogP contribution in [0.1, 0.15) is 32.3 Å². The lowest BCUT2D eigenvalue weighted by Crippen LogP contribution is -2.37. The van der Waals surface area contributed by atoms with Crippen LogP contribution >= 0.6 is 0 Å². The quantitative estimate of drug-likeness (QED) is 0.597. The van der Waals surface area contributed by atoms with Gasteiger partial charge < -0.3 is 10.4 Å². The van der Waals surface area contributed by atoms with Crippen molar-refractivity contribution in [3.63, 3.8) is 0 Å². The molecular formula is C13H18F2N2O3. The normalized spacial score (nSPS) is 14.1. The molecule has 1 unspecified atom stereocenters. The molecule has 0 saturated carbocycles. The Morgan fingerprint density at radius 3 is 2.60 bits per heavy atom. The van der Waals surface area contributed by atoms with E-state index in [1.54, 1.807) is 6.92 Å². The fourth-order valence-electron chi connectivity index (χ4n) is 1.95. The van der Waals surface area contributed by atoms with Crippen LogP contribution in [0, 0.1) is 21.7 Å². The zero-order valence-electron chi connectivity index (χ0n) is 11.4. The molecule has 0 spiro atoms. The number of halogens is 2. The molecule has 0 aromatic heterocycles. The van der Waals surface area contributed by atoms with Gasteiger partial charge in [0.15, 0.2) is 0 Å². The van der Waals surface area contributed by atoms with E-state index in [0.717, 1.165) is 12.5 Å². The van der Waals surface area contributed by atoms with Crippen LogP contribution in [0.15, 0.2) is 12.1 Å². The summed E-state index contributed by atoms with van der Waals surface area (Å²) in [6, 6.07) is 1.37. The van der Waals surface area contributed by atoms with Gasteiger partial charge in [-0.05, 0) is 13.3 Å². The number of nitro benzene ring substituents is 1. The Morgan fingerprint density at radius 1 is 1.40 bits per heavy atom. The molecule has 2 N–H and O–H groups in total. The molecule has 112 valence electrons. The standard InChI is InChI=1S/C13H18F2N2O3/c1-3-4-13(2,18)8-16-7-9-5-12(17(19)20)11(15)6-10(9)14/h5-6,16,18H,3-4,7-8H2,1-2H3. The molecular weight excluding hydrogens is 270 g/mol. The highest BCUT2D eigenvalue weighted by Gasteiger charge is 2.20. The third-order valence-corrected chi connectivity index (χ3v) is 2.92. The summed E-state index contributed by atoms with van der Waals surface area (Å²) in [5.41, 5.74) is -1.70. The van der Waals surface area contributed by atoms with Gasteiger partial charge in [-0.1, -0.05) is 13.3 Å². The molecule has 1 aromatic rings. The van der Waals surface area contributed by atoms with Crippen LogP contribution in [0.2, 0.25) is 0 Å². The van der Waals surface area contributed by atoms with Gasteiger partial charge in [0.1, 0.15) is 5.82 Å². The maximum Gasteiger partial charge on any atom is 0.305 e. The average Bonchev–Trinajstić information content (AvgIpc) is 2.31. The molecule has 1 rings (SSSR count). The SMILES string of the molecule is CCCC(C)(O)CNCc1cc([N+](=O)[O-])c(F)cc1F. The number of benzene rings is 1. The highest BCUT2D eigenvalue weighted by Crippen LogP contribution is 2.21. The van der Waals surface area contributed by atoms with Crippen molar-refractivity contribution in [1.29, 1.82) is 0 Å². The van der Waals surface area contributed by atoms with Crippen LogP contribution in [0.5, 0.6) is 0 Å². The Kier molecular flexibility index (Phi) is 5.52. The van der Waals surface area contributed by atoms with Crippen molar-refractivity contribution < 1.29 is 18.8 Å². The van der Waals surface area contributed by atoms with Gasteiger partial charge >= 0.3 is 5.69 Å². The molecule has 1 aromatic carbocycles. The highest BCUT2D eigenvalue weighted by molar-refractivity contribution is 5.37. The Balaban J connectivity index is 2.73. The van der Waals surface area contributed by atoms with Gasteiger partial charge in [0, 0.05) is 30.8 Å². The summed E-state index contributed by atoms with van der Waals surface area (Å²) >= 11 is 0. The van der Waals surface area contributed by atoms with Crippen LogP contribution in [-0.2, 0) is 6.54 Å². The van der Waals surface area contributed by atoms with E-state index in [4.69, 9.17) is 0 Å². The Bertz CT molecular complexity index is 493. The minimum atomic E-state index is -1.20. The summed E-state index contributed by atoms with van der Waals surface area (Å²) in [7, 11) is 0. The topological polar surface area (TPSA) is 75.4 Å². The molecule has 1 atom stereocenters. The van der Waals surface area contributed by atoms with Gasteiger partial charge in [0.05, 0.1) is 10.5 Å². The Hall–Kier alpha value is -1.60. The first-order chi connectivity index (χ1) is 9.26. The van der Waals surface area contributed by atoms with Crippen LogP contribution in [-0.4, -0.2) is 22.2 Å². The number of hydrogen-bond acceptors (Lipinski definition) is 4. The first kappa shape index (κ1) is 16.5. The number of nitrogens with zero attached hydrogens (tertiary/aromatic N) is 1. The Morgan fingerprint density at radius 2 is 2.05 bits per heavy atom. The minimum absolute atomic E-state index is 0.00889. The van der Waals surface area contributed by atoms with E-state index in [1.807, 2.05) is 6.92 Å². The first-order valence-corrected chi connectivity index (χ1v) is 6.32. The van der Waals surface area contributed by atoms with Gasteiger partial charge in [-0.15, -0.1) is 0 Å². The average molecular weight is 288 g/mol. The van der Waals surface area contributed by atoms with E-state index in [2.05, 4.69) is 5.32 Å². The first-order valence-electron chi connectivity index (χ1n) is 6.32. The third kappa shape index (κ3) is 4.50. The fourth-order valence-corrected chi connectivity index (χ4v) is 1.95. The molecule has 0 heterocycles. The molecule has 0 aliphatic heterocycles. The minimum Gasteiger partial charge on any atom is -0.389 e. The van der Waals surface area contributed by atoms with Crippen LogP contribution in [0.4, 0.5) is 14.5 Å². The van der Waals surface area contributed by atoms with E-state index < -0.39 is 27.8 Å². The van der Waals surface area contributed by atoms with Crippen LogP contribution in [0.25, 0.3) is 0 Å². The van der Waals surface area contributed by atoms with E-state index in [9.17, 15) is 24.0 Å². The molecule has 5 nitrogen and oxygen atoms in total. The molecule has 0 amide bonds. The molecule has 0 bridgehead atoms. The fraction of sp³-hybridized carbons (Fsp3) is 0.538. The van der Waals surface area contributed by atoms with Crippen molar-refractivity contribution in [2.45, 2.75) is 38.8 Å². The number of nitro groups is 1. The highest BCUT2D eigenvalue weighted by atomic mass is 19.1. The number of rotatable bonds is 7. The third-order valence-electron chi connectivity index (χ3n) is 2.92. The Labute approximate surface area is 115 Å². The molecule has 0 saturated heterocycles. The number of aliphatic hydroxyl groups is 1. The van der Waals surface area contributed by atoms with Crippen molar-refractivity contribution in [2.24, 2.45) is 0 Å². The maximum absolute atomic E-state index is 13.5. The van der Waals surface area contributed by atoms with Crippen molar-refractivity contribution >= 4 is 5.69 Å². The van der Waals surface area contributed by atoms with E-state index in [-0.39, 0.29) is 18.7 Å². The second-order valence-electron chi connectivity index (χ2n) is 5.00. The van der Waals surface area contributed by atoms with E-state index in [0.29, 0.717) is 12.5 Å². The predicted octanol–water partition coefficient (Wildman–Crippen LogP) is 2.51. The summed E-state index contributed by atoms with van der Waals surface area (Å²) in [6.45, 7) is 3.77. The van der Waals surface area contributed by atoms with E-state index >= 15 is 0 Å². The molecule has 0 aliphatic carbocycles. The number of nitrogens with one attached hydrogen (secondary N) is 1. The second kappa shape index (κ2) is 6.71. The zero-order valence-corrected chi connectivity index (χ0v) is 11.4. The van der Waals surface area contributed by atoms with Crippen molar-refractivity contribution in [3.05, 3.63) is 39.4 Å². The summed E-state index contributed by atoms with van der Waals surface area (Å²) in [6.07, 6.45) is 1.37. The predicted molar refractivity (Wildman–Crippen MR) is 70.3 cm³/mol. The van der Waals surface area contributed by atoms with Crippen molar-refractivity contribution in [1.82, 2.24) is 5.32 Å². The van der Waals surface area contributed by atoms with Gasteiger partial charge in [-0.25, -0.2) is 4.39 Å². The largest absolute Gasteiger partial charge is 0.389 e. The van der Waals surface area contributed by atoms with Crippen molar-refractivity contribution in [2.75, 3.05) is 6.54 Å². The second-order valence-corrected chi connectivity index (χ2v) is 5.00. The molecule has 0 fully saturated rings. The lowest BCUT2D eigenvalue weighted by Gasteiger charge is -2.23. The van der Waals surface area contributed by atoms with E-state index in [1.165, 1.54) is 0 Å². The lowest BCUT2D eigenvalue weighted by atomic mass is 10.0. The maximum atomic E-state index is 13.5. The number of hydrogen-bond donors (Lipinski definition) is 2. The van der Waals surface area contributed by atoms with Gasteiger partial charge in [-0.2, -0.15) is 4.39 Å². The summed E-state index contributed by atoms with van der Waals surface area (Å²) in [4.78, 5) is 9.69. The van der Waals surface area contributed by atoms with Gasteiger partial charge in [0.25, 0.3) is 0 Å². The van der Waals surface area contributed by atoms with Gasteiger partial charge in [-0.3, -0.25) is 10.1 Å². The van der Waals surface area contributed by atoms with Gasteiger partial charge in [0.2, 0.25) is 5.82 Å². The molecule has 0 radical (unpaired) electrons.